The second-order valence-corrected chi connectivity index (χ2v) is 6.02. The van der Waals surface area contributed by atoms with E-state index in [0.29, 0.717) is 0 Å². The molecule has 2 aromatic rings. The minimum Gasteiger partial charge on any atom is -0.368 e. The fourth-order valence-corrected chi connectivity index (χ4v) is 3.39. The van der Waals surface area contributed by atoms with Gasteiger partial charge < -0.3 is 9.80 Å². The Morgan fingerprint density at radius 2 is 1.74 bits per heavy atom. The molecule has 19 heavy (non-hydrogen) atoms. The first kappa shape index (κ1) is 12.9. The number of thiazole rings is 1. The summed E-state index contributed by atoms with van der Waals surface area (Å²) in [6.07, 6.45) is 1.88. The predicted octanol–water partition coefficient (Wildman–Crippen LogP) is 3.36. The minimum atomic E-state index is 0.922. The summed E-state index contributed by atoms with van der Waals surface area (Å²) in [5.41, 5.74) is 2.65. The van der Waals surface area contributed by atoms with Crippen LogP contribution in [0, 0.1) is 0 Å². The molecule has 1 saturated heterocycles. The van der Waals surface area contributed by atoms with Crippen molar-refractivity contribution < 1.29 is 0 Å². The Labute approximate surface area is 126 Å². The molecule has 0 bridgehead atoms. The number of benzene rings is 1. The Balaban J connectivity index is 1.63. The number of nitrogens with zero attached hydrogens (tertiary/aromatic N) is 3. The smallest absolute Gasteiger partial charge is 0.185 e. The van der Waals surface area contributed by atoms with Crippen LogP contribution >= 0.6 is 27.3 Å². The van der Waals surface area contributed by atoms with E-state index in [1.165, 1.54) is 11.3 Å². The third-order valence-electron chi connectivity index (χ3n) is 3.43. The van der Waals surface area contributed by atoms with Crippen molar-refractivity contribution in [1.29, 1.82) is 0 Å². The maximum Gasteiger partial charge on any atom is 0.185 e. The summed E-state index contributed by atoms with van der Waals surface area (Å²) in [4.78, 5) is 9.20. The molecule has 0 aliphatic carbocycles. The van der Waals surface area contributed by atoms with E-state index in [4.69, 9.17) is 0 Å². The highest BCUT2D eigenvalue weighted by atomic mass is 79.9. The van der Waals surface area contributed by atoms with Gasteiger partial charge in [0.05, 0.1) is 0 Å². The van der Waals surface area contributed by atoms with Crippen molar-refractivity contribution in [3.05, 3.63) is 41.4 Å². The quantitative estimate of drug-likeness (QED) is 0.800. The third kappa shape index (κ3) is 2.92. The van der Waals surface area contributed by atoms with Crippen molar-refractivity contribution in [3.63, 3.8) is 0 Å². The molecule has 0 radical (unpaired) electrons. The van der Waals surface area contributed by atoms with Gasteiger partial charge in [0, 0.05) is 48.8 Å². The summed E-state index contributed by atoms with van der Waals surface area (Å²) in [7, 11) is 0. The Morgan fingerprint density at radius 3 is 2.32 bits per heavy atom. The van der Waals surface area contributed by atoms with Crippen LogP contribution in [-0.4, -0.2) is 31.2 Å². The van der Waals surface area contributed by atoms with E-state index in [-0.39, 0.29) is 0 Å². The van der Waals surface area contributed by atoms with Gasteiger partial charge in [0.1, 0.15) is 0 Å². The second-order valence-electron chi connectivity index (χ2n) is 4.59. The van der Waals surface area contributed by atoms with Crippen molar-refractivity contribution in [2.24, 2.45) is 0 Å². The molecular weight excluding hydrogens is 322 g/mol. The van der Waals surface area contributed by atoms with Gasteiger partial charge in [0.25, 0.3) is 0 Å². The molecule has 1 aromatic heterocycles. The van der Waals surface area contributed by atoms with Gasteiger partial charge in [-0.1, -0.05) is 28.1 Å². The summed E-state index contributed by atoms with van der Waals surface area (Å²) in [5, 5.41) is 4.11. The van der Waals surface area contributed by atoms with Crippen molar-refractivity contribution in [1.82, 2.24) is 4.98 Å². The average Bonchev–Trinajstić information content (AvgIpc) is 3.02. The van der Waals surface area contributed by atoms with Crippen LogP contribution in [0.15, 0.2) is 35.8 Å². The summed E-state index contributed by atoms with van der Waals surface area (Å²) >= 11 is 5.20. The van der Waals surface area contributed by atoms with Gasteiger partial charge in [-0.3, -0.25) is 0 Å². The first-order valence-electron chi connectivity index (χ1n) is 6.41. The molecule has 2 heterocycles. The van der Waals surface area contributed by atoms with E-state index in [9.17, 15) is 0 Å². The molecule has 0 unspecified atom stereocenters. The molecule has 1 aromatic carbocycles. The van der Waals surface area contributed by atoms with E-state index in [0.717, 1.165) is 36.6 Å². The van der Waals surface area contributed by atoms with Crippen LogP contribution in [-0.2, 0) is 5.33 Å². The minimum absolute atomic E-state index is 0.922. The highest BCUT2D eigenvalue weighted by molar-refractivity contribution is 9.08. The number of aromatic nitrogens is 1. The Bertz CT molecular complexity index is 504. The molecule has 0 spiro atoms. The third-order valence-corrected chi connectivity index (χ3v) is 4.90. The van der Waals surface area contributed by atoms with Crippen LogP contribution in [0.4, 0.5) is 10.8 Å². The van der Waals surface area contributed by atoms with Gasteiger partial charge in [0.15, 0.2) is 5.13 Å². The molecule has 5 heteroatoms. The maximum atomic E-state index is 4.38. The standard InChI is InChI=1S/C14H16BrN3S/c15-11-12-1-3-13(4-2-12)17-6-8-18(9-7-17)14-16-5-10-19-14/h1-5,10H,6-9,11H2. The van der Waals surface area contributed by atoms with Crippen LogP contribution in [0.25, 0.3) is 0 Å². The maximum absolute atomic E-state index is 4.38. The molecule has 0 N–H and O–H groups in total. The number of halogens is 1. The molecule has 0 saturated carbocycles. The van der Waals surface area contributed by atoms with Crippen molar-refractivity contribution >= 4 is 38.1 Å². The van der Waals surface area contributed by atoms with Gasteiger partial charge in [0.2, 0.25) is 0 Å². The average molecular weight is 338 g/mol. The summed E-state index contributed by atoms with van der Waals surface area (Å²) < 4.78 is 0. The zero-order valence-corrected chi connectivity index (χ0v) is 13.0. The van der Waals surface area contributed by atoms with E-state index >= 15 is 0 Å². The summed E-state index contributed by atoms with van der Waals surface area (Å²) in [6.45, 7) is 4.22. The molecule has 0 atom stereocenters. The van der Waals surface area contributed by atoms with Gasteiger partial charge in [-0.05, 0) is 17.7 Å². The van der Waals surface area contributed by atoms with E-state index < -0.39 is 0 Å². The molecule has 1 aliphatic rings. The van der Waals surface area contributed by atoms with Crippen LogP contribution in [0.1, 0.15) is 5.56 Å². The number of rotatable bonds is 3. The first-order valence-corrected chi connectivity index (χ1v) is 8.41. The molecule has 0 amide bonds. The molecule has 3 nitrogen and oxygen atoms in total. The van der Waals surface area contributed by atoms with Gasteiger partial charge >= 0.3 is 0 Å². The number of piperazine rings is 1. The van der Waals surface area contributed by atoms with Crippen molar-refractivity contribution in [2.75, 3.05) is 36.0 Å². The molecule has 100 valence electrons. The van der Waals surface area contributed by atoms with E-state index in [2.05, 4.69) is 55.0 Å². The Kier molecular flexibility index (Phi) is 4.03. The lowest BCUT2D eigenvalue weighted by Gasteiger charge is -2.36. The van der Waals surface area contributed by atoms with E-state index in [1.807, 2.05) is 11.6 Å². The molecule has 3 rings (SSSR count). The SMILES string of the molecule is BrCc1ccc(N2CCN(c3nccs3)CC2)cc1. The van der Waals surface area contributed by atoms with Gasteiger partial charge in [-0.2, -0.15) is 0 Å². The molecular formula is C14H16BrN3S. The number of hydrogen-bond acceptors (Lipinski definition) is 4. The number of alkyl halides is 1. The summed E-state index contributed by atoms with van der Waals surface area (Å²) in [6, 6.07) is 8.82. The Hall–Kier alpha value is -1.07. The second kappa shape index (κ2) is 5.92. The highest BCUT2D eigenvalue weighted by Gasteiger charge is 2.18. The van der Waals surface area contributed by atoms with E-state index in [1.54, 1.807) is 11.3 Å². The monoisotopic (exact) mass is 337 g/mol. The largest absolute Gasteiger partial charge is 0.368 e. The highest BCUT2D eigenvalue weighted by Crippen LogP contribution is 2.22. The number of hydrogen-bond donors (Lipinski definition) is 0. The molecule has 1 fully saturated rings. The normalized spacial score (nSPS) is 15.8. The van der Waals surface area contributed by atoms with Crippen LogP contribution < -0.4 is 9.80 Å². The summed E-state index contributed by atoms with van der Waals surface area (Å²) in [5.74, 6) is 0. The Morgan fingerprint density at radius 1 is 1.05 bits per heavy atom. The van der Waals surface area contributed by atoms with Gasteiger partial charge in [-0.15, -0.1) is 11.3 Å². The fraction of sp³-hybridized carbons (Fsp3) is 0.357. The fourth-order valence-electron chi connectivity index (χ4n) is 2.32. The van der Waals surface area contributed by atoms with Crippen LogP contribution in [0.3, 0.4) is 0 Å². The molecule has 1 aliphatic heterocycles. The number of anilines is 2. The predicted molar refractivity (Wildman–Crippen MR) is 85.6 cm³/mol. The zero-order chi connectivity index (χ0) is 13.1. The first-order chi connectivity index (χ1) is 9.36. The topological polar surface area (TPSA) is 19.4 Å². The lowest BCUT2D eigenvalue weighted by molar-refractivity contribution is 0.652. The van der Waals surface area contributed by atoms with Gasteiger partial charge in [-0.25, -0.2) is 4.98 Å². The van der Waals surface area contributed by atoms with Crippen LogP contribution in [0.5, 0.6) is 0 Å². The van der Waals surface area contributed by atoms with Crippen molar-refractivity contribution in [3.8, 4) is 0 Å². The lowest BCUT2D eigenvalue weighted by Crippen LogP contribution is -2.46. The van der Waals surface area contributed by atoms with Crippen LogP contribution in [0.2, 0.25) is 0 Å². The zero-order valence-electron chi connectivity index (χ0n) is 10.6. The van der Waals surface area contributed by atoms with Crippen molar-refractivity contribution in [2.45, 2.75) is 5.33 Å². The lowest BCUT2D eigenvalue weighted by atomic mass is 10.2.